The molecule has 0 fully saturated rings. The van der Waals surface area contributed by atoms with Crippen LogP contribution in [0.25, 0.3) is 0 Å². The third-order valence-electron chi connectivity index (χ3n) is 4.39. The van der Waals surface area contributed by atoms with Crippen molar-refractivity contribution in [2.45, 2.75) is 32.1 Å². The summed E-state index contributed by atoms with van der Waals surface area (Å²) in [5.74, 6) is 0.699. The molecule has 1 aliphatic heterocycles. The minimum Gasteiger partial charge on any atom is -0.338 e. The van der Waals surface area contributed by atoms with Crippen LogP contribution in [0.3, 0.4) is 0 Å². The summed E-state index contributed by atoms with van der Waals surface area (Å²) < 4.78 is 5.41. The lowest BCUT2D eigenvalue weighted by Gasteiger charge is -2.31. The number of rotatable bonds is 1. The van der Waals surface area contributed by atoms with Crippen LogP contribution in [0.4, 0.5) is 5.88 Å². The van der Waals surface area contributed by atoms with Crippen LogP contribution in [0.15, 0.2) is 40.1 Å². The van der Waals surface area contributed by atoms with Gasteiger partial charge in [-0.25, -0.2) is 0 Å². The van der Waals surface area contributed by atoms with Crippen LogP contribution in [-0.2, 0) is 4.79 Å². The molecule has 0 saturated heterocycles. The predicted molar refractivity (Wildman–Crippen MR) is 84.0 cm³/mol. The molecule has 4 rings (SSSR count). The van der Waals surface area contributed by atoms with Crippen molar-refractivity contribution in [2.75, 3.05) is 5.32 Å². The Hall–Kier alpha value is -2.07. The highest BCUT2D eigenvalue weighted by molar-refractivity contribution is 6.30. The standard InChI is InChI=1S/C17H15ClN2O2/c1-9-14-15(10-4-2-5-11(18)8-10)16-12(6-3-7-13(16)21)19-17(14)22-20-9/h2,4-5,8,15,19H,3,6-7H2,1H3/t15-/m0/s1. The number of carbonyl (C=O) groups is 1. The Labute approximate surface area is 133 Å². The van der Waals surface area contributed by atoms with Gasteiger partial charge in [0.15, 0.2) is 5.78 Å². The molecule has 22 heavy (non-hydrogen) atoms. The van der Waals surface area contributed by atoms with Gasteiger partial charge in [-0.2, -0.15) is 0 Å². The molecule has 4 nitrogen and oxygen atoms in total. The number of benzene rings is 1. The Kier molecular flexibility index (Phi) is 3.08. The first-order valence-corrected chi connectivity index (χ1v) is 7.78. The second-order valence-electron chi connectivity index (χ2n) is 5.79. The van der Waals surface area contributed by atoms with Gasteiger partial charge in [0.1, 0.15) is 0 Å². The van der Waals surface area contributed by atoms with Crippen LogP contribution in [-0.4, -0.2) is 10.9 Å². The van der Waals surface area contributed by atoms with E-state index in [0.29, 0.717) is 17.3 Å². The van der Waals surface area contributed by atoms with E-state index < -0.39 is 0 Å². The number of anilines is 1. The number of nitrogens with one attached hydrogen (secondary N) is 1. The second kappa shape index (κ2) is 4.99. The number of aromatic nitrogens is 1. The van der Waals surface area contributed by atoms with Crippen molar-refractivity contribution in [2.24, 2.45) is 0 Å². The minimum atomic E-state index is -0.149. The van der Waals surface area contributed by atoms with Crippen molar-refractivity contribution in [1.29, 1.82) is 0 Å². The number of ketones is 1. The monoisotopic (exact) mass is 314 g/mol. The molecule has 2 aromatic rings. The number of aryl methyl sites for hydroxylation is 1. The molecule has 0 spiro atoms. The lowest BCUT2D eigenvalue weighted by atomic mass is 9.76. The number of Topliss-reactive ketones (excluding diaryl/α,β-unsaturated/α-hetero) is 1. The number of allylic oxidation sites excluding steroid dienone is 2. The summed E-state index contributed by atoms with van der Waals surface area (Å²) in [6.07, 6.45) is 2.32. The Balaban J connectivity index is 1.96. The third kappa shape index (κ3) is 1.98. The minimum absolute atomic E-state index is 0.149. The van der Waals surface area contributed by atoms with Gasteiger partial charge in [-0.1, -0.05) is 28.9 Å². The number of hydrogen-bond acceptors (Lipinski definition) is 4. The molecule has 0 radical (unpaired) electrons. The van der Waals surface area contributed by atoms with E-state index in [1.54, 1.807) is 0 Å². The molecular weight excluding hydrogens is 300 g/mol. The van der Waals surface area contributed by atoms with E-state index in [9.17, 15) is 4.79 Å². The molecule has 1 aromatic heterocycles. The average Bonchev–Trinajstić information content (AvgIpc) is 2.87. The summed E-state index contributed by atoms with van der Waals surface area (Å²) in [5, 5.41) is 8.00. The zero-order valence-electron chi connectivity index (χ0n) is 12.1. The van der Waals surface area contributed by atoms with Gasteiger partial charge in [0.05, 0.1) is 11.3 Å². The molecule has 1 aromatic carbocycles. The van der Waals surface area contributed by atoms with Gasteiger partial charge in [-0.15, -0.1) is 0 Å². The molecular formula is C17H15ClN2O2. The fraction of sp³-hybridized carbons (Fsp3) is 0.294. The summed E-state index contributed by atoms with van der Waals surface area (Å²) in [6, 6.07) is 7.67. The van der Waals surface area contributed by atoms with Gasteiger partial charge in [0.2, 0.25) is 5.88 Å². The maximum atomic E-state index is 12.6. The number of carbonyl (C=O) groups excluding carboxylic acids is 1. The van der Waals surface area contributed by atoms with Crippen LogP contribution in [0, 0.1) is 6.92 Å². The normalized spacial score (nSPS) is 20.5. The summed E-state index contributed by atoms with van der Waals surface area (Å²) in [4.78, 5) is 12.6. The number of fused-ring (bicyclic) bond motifs is 1. The molecule has 1 atom stereocenters. The molecule has 5 heteroatoms. The summed E-state index contributed by atoms with van der Waals surface area (Å²) in [7, 11) is 0. The van der Waals surface area contributed by atoms with Gasteiger partial charge in [0.25, 0.3) is 0 Å². The Morgan fingerprint density at radius 2 is 2.23 bits per heavy atom. The highest BCUT2D eigenvalue weighted by Gasteiger charge is 2.38. The molecule has 2 heterocycles. The van der Waals surface area contributed by atoms with Crippen molar-refractivity contribution in [1.82, 2.24) is 5.16 Å². The number of hydrogen-bond donors (Lipinski definition) is 1. The van der Waals surface area contributed by atoms with E-state index in [-0.39, 0.29) is 11.7 Å². The Morgan fingerprint density at radius 3 is 3.05 bits per heavy atom. The van der Waals surface area contributed by atoms with Crippen molar-refractivity contribution in [3.63, 3.8) is 0 Å². The van der Waals surface area contributed by atoms with Crippen LogP contribution in [0.1, 0.15) is 42.0 Å². The first kappa shape index (κ1) is 13.6. The van der Waals surface area contributed by atoms with E-state index in [2.05, 4.69) is 10.5 Å². The third-order valence-corrected chi connectivity index (χ3v) is 4.62. The van der Waals surface area contributed by atoms with Gasteiger partial charge in [-0.3, -0.25) is 4.79 Å². The lowest BCUT2D eigenvalue weighted by Crippen LogP contribution is -2.26. The van der Waals surface area contributed by atoms with Crippen molar-refractivity contribution in [3.05, 3.63) is 57.4 Å². The van der Waals surface area contributed by atoms with Gasteiger partial charge in [-0.05, 0) is 37.5 Å². The van der Waals surface area contributed by atoms with Gasteiger partial charge in [0, 0.05) is 28.6 Å². The van der Waals surface area contributed by atoms with Crippen molar-refractivity contribution in [3.8, 4) is 0 Å². The molecule has 2 aliphatic rings. The quantitative estimate of drug-likeness (QED) is 0.857. The second-order valence-corrected chi connectivity index (χ2v) is 6.23. The van der Waals surface area contributed by atoms with Crippen LogP contribution >= 0.6 is 11.6 Å². The Bertz CT molecular complexity index is 807. The smallest absolute Gasteiger partial charge is 0.233 e. The molecule has 0 bridgehead atoms. The molecule has 0 unspecified atom stereocenters. The topological polar surface area (TPSA) is 55.1 Å². The SMILES string of the molecule is Cc1noc2c1[C@H](c1cccc(Cl)c1)C1=C(CCCC1=O)N2. The molecule has 1 N–H and O–H groups in total. The first-order chi connectivity index (χ1) is 10.6. The Morgan fingerprint density at radius 1 is 1.36 bits per heavy atom. The predicted octanol–water partition coefficient (Wildman–Crippen LogP) is 4.20. The molecule has 1 aliphatic carbocycles. The maximum Gasteiger partial charge on any atom is 0.233 e. The van der Waals surface area contributed by atoms with Gasteiger partial charge >= 0.3 is 0 Å². The van der Waals surface area contributed by atoms with Gasteiger partial charge < -0.3 is 9.84 Å². The number of halogens is 1. The fourth-order valence-corrected chi connectivity index (χ4v) is 3.63. The van der Waals surface area contributed by atoms with Crippen LogP contribution in [0.5, 0.6) is 0 Å². The van der Waals surface area contributed by atoms with E-state index in [4.69, 9.17) is 16.1 Å². The molecule has 0 amide bonds. The van der Waals surface area contributed by atoms with Crippen LogP contribution < -0.4 is 5.32 Å². The molecule has 0 saturated carbocycles. The maximum absolute atomic E-state index is 12.6. The average molecular weight is 315 g/mol. The molecule has 112 valence electrons. The summed E-state index contributed by atoms with van der Waals surface area (Å²) in [6.45, 7) is 1.90. The van der Waals surface area contributed by atoms with E-state index >= 15 is 0 Å². The highest BCUT2D eigenvalue weighted by Crippen LogP contribution is 2.46. The zero-order chi connectivity index (χ0) is 15.3. The van der Waals surface area contributed by atoms with Crippen LogP contribution in [0.2, 0.25) is 5.02 Å². The fourth-order valence-electron chi connectivity index (χ4n) is 3.44. The lowest BCUT2D eigenvalue weighted by molar-refractivity contribution is -0.116. The largest absolute Gasteiger partial charge is 0.338 e. The highest BCUT2D eigenvalue weighted by atomic mass is 35.5. The van der Waals surface area contributed by atoms with Crippen molar-refractivity contribution < 1.29 is 9.32 Å². The van der Waals surface area contributed by atoms with Crippen molar-refractivity contribution >= 4 is 23.3 Å². The van der Waals surface area contributed by atoms with E-state index in [1.807, 2.05) is 31.2 Å². The van der Waals surface area contributed by atoms with E-state index in [1.165, 1.54) is 0 Å². The first-order valence-electron chi connectivity index (χ1n) is 7.40. The van der Waals surface area contributed by atoms with E-state index in [0.717, 1.165) is 40.9 Å². The number of nitrogens with zero attached hydrogens (tertiary/aromatic N) is 1. The zero-order valence-corrected chi connectivity index (χ0v) is 12.9. The summed E-state index contributed by atoms with van der Waals surface area (Å²) >= 11 is 6.16. The summed E-state index contributed by atoms with van der Waals surface area (Å²) in [5.41, 5.74) is 4.55.